The van der Waals surface area contributed by atoms with Crippen molar-refractivity contribution in [2.75, 3.05) is 11.1 Å². The number of hydrogen-bond donors (Lipinski definition) is 1. The number of thioether (sulfide) groups is 1. The van der Waals surface area contributed by atoms with Crippen LogP contribution in [0.2, 0.25) is 0 Å². The highest BCUT2D eigenvalue weighted by Crippen LogP contribution is 2.24. The zero-order chi connectivity index (χ0) is 19.4. The number of benzene rings is 2. The fourth-order valence-electron chi connectivity index (χ4n) is 2.78. The number of carbonyl (C=O) groups is 1. The Kier molecular flexibility index (Phi) is 5.96. The molecule has 140 valence electrons. The highest BCUT2D eigenvalue weighted by Gasteiger charge is 2.15. The monoisotopic (exact) mass is 380 g/mol. The maximum Gasteiger partial charge on any atom is 0.234 e. The van der Waals surface area contributed by atoms with Gasteiger partial charge in [0.15, 0.2) is 5.16 Å². The molecule has 0 saturated heterocycles. The summed E-state index contributed by atoms with van der Waals surface area (Å²) in [5, 5.41) is 12.3. The number of nitrogens with zero attached hydrogens (tertiary/aromatic N) is 3. The van der Waals surface area contributed by atoms with Gasteiger partial charge in [-0.25, -0.2) is 0 Å². The summed E-state index contributed by atoms with van der Waals surface area (Å²) in [6.45, 7) is 8.16. The van der Waals surface area contributed by atoms with Gasteiger partial charge in [-0.15, -0.1) is 10.2 Å². The summed E-state index contributed by atoms with van der Waals surface area (Å²) in [7, 11) is 0. The lowest BCUT2D eigenvalue weighted by Gasteiger charge is -2.11. The van der Waals surface area contributed by atoms with Crippen molar-refractivity contribution in [2.45, 2.75) is 39.3 Å². The van der Waals surface area contributed by atoms with E-state index in [1.54, 1.807) is 0 Å². The van der Waals surface area contributed by atoms with Gasteiger partial charge in [-0.1, -0.05) is 48.5 Å². The van der Waals surface area contributed by atoms with Crippen LogP contribution < -0.4 is 5.32 Å². The zero-order valence-electron chi connectivity index (χ0n) is 16.1. The Hall–Kier alpha value is -2.60. The lowest BCUT2D eigenvalue weighted by atomic mass is 10.1. The van der Waals surface area contributed by atoms with E-state index in [9.17, 15) is 4.79 Å². The SMILES string of the molecule is CCc1nnc(SCC(=O)Nc2cccc(C)c2C)n1-c1ccc(C)cc1. The summed E-state index contributed by atoms with van der Waals surface area (Å²) in [4.78, 5) is 12.4. The molecule has 0 aliphatic heterocycles. The van der Waals surface area contributed by atoms with E-state index in [1.165, 1.54) is 17.3 Å². The van der Waals surface area contributed by atoms with Crippen molar-refractivity contribution in [1.82, 2.24) is 14.8 Å². The first-order valence-corrected chi connectivity index (χ1v) is 9.98. The van der Waals surface area contributed by atoms with Gasteiger partial charge in [-0.05, 0) is 50.1 Å². The molecule has 1 N–H and O–H groups in total. The molecule has 6 heteroatoms. The Bertz CT molecular complexity index is 947. The minimum Gasteiger partial charge on any atom is -0.325 e. The van der Waals surface area contributed by atoms with E-state index in [0.29, 0.717) is 0 Å². The number of aryl methyl sites for hydroxylation is 3. The van der Waals surface area contributed by atoms with E-state index < -0.39 is 0 Å². The first-order chi connectivity index (χ1) is 13.0. The van der Waals surface area contributed by atoms with Crippen molar-refractivity contribution < 1.29 is 4.79 Å². The van der Waals surface area contributed by atoms with Crippen molar-refractivity contribution in [2.24, 2.45) is 0 Å². The molecule has 0 aliphatic rings. The molecule has 0 fully saturated rings. The molecule has 0 aliphatic carbocycles. The predicted molar refractivity (Wildman–Crippen MR) is 111 cm³/mol. The molecule has 0 bridgehead atoms. The summed E-state index contributed by atoms with van der Waals surface area (Å²) in [5.74, 6) is 1.11. The van der Waals surface area contributed by atoms with Gasteiger partial charge in [-0.2, -0.15) is 0 Å². The second-order valence-corrected chi connectivity index (χ2v) is 7.45. The maximum atomic E-state index is 12.4. The second kappa shape index (κ2) is 8.39. The number of aromatic nitrogens is 3. The fraction of sp³-hybridized carbons (Fsp3) is 0.286. The van der Waals surface area contributed by atoms with Gasteiger partial charge in [0.2, 0.25) is 5.91 Å². The molecule has 3 rings (SSSR count). The van der Waals surface area contributed by atoms with Crippen molar-refractivity contribution >= 4 is 23.4 Å². The van der Waals surface area contributed by atoms with Crippen LogP contribution in [0.4, 0.5) is 5.69 Å². The minimum absolute atomic E-state index is 0.0507. The molecule has 0 atom stereocenters. The fourth-order valence-corrected chi connectivity index (χ4v) is 3.55. The van der Waals surface area contributed by atoms with E-state index in [1.807, 2.05) is 36.6 Å². The highest BCUT2D eigenvalue weighted by atomic mass is 32.2. The maximum absolute atomic E-state index is 12.4. The van der Waals surface area contributed by atoms with Gasteiger partial charge in [0.25, 0.3) is 0 Å². The van der Waals surface area contributed by atoms with Gasteiger partial charge >= 0.3 is 0 Å². The van der Waals surface area contributed by atoms with Gasteiger partial charge in [-0.3, -0.25) is 9.36 Å². The molecule has 0 saturated carbocycles. The van der Waals surface area contributed by atoms with Crippen LogP contribution in [0.3, 0.4) is 0 Å². The summed E-state index contributed by atoms with van der Waals surface area (Å²) in [5.41, 5.74) is 5.32. The Morgan fingerprint density at radius 2 is 1.81 bits per heavy atom. The average Bonchev–Trinajstić information content (AvgIpc) is 3.07. The molecule has 3 aromatic rings. The molecule has 0 spiro atoms. The van der Waals surface area contributed by atoms with Crippen molar-refractivity contribution in [3.8, 4) is 5.69 Å². The van der Waals surface area contributed by atoms with Crippen molar-refractivity contribution in [1.29, 1.82) is 0 Å². The van der Waals surface area contributed by atoms with E-state index >= 15 is 0 Å². The minimum atomic E-state index is -0.0507. The lowest BCUT2D eigenvalue weighted by molar-refractivity contribution is -0.113. The van der Waals surface area contributed by atoms with Crippen LogP contribution in [-0.2, 0) is 11.2 Å². The van der Waals surface area contributed by atoms with Crippen LogP contribution in [0.1, 0.15) is 29.4 Å². The number of carbonyl (C=O) groups excluding carboxylic acids is 1. The van der Waals surface area contributed by atoms with Crippen LogP contribution >= 0.6 is 11.8 Å². The third kappa shape index (κ3) is 4.39. The van der Waals surface area contributed by atoms with Gasteiger partial charge in [0.1, 0.15) is 5.82 Å². The molecule has 1 amide bonds. The number of hydrogen-bond acceptors (Lipinski definition) is 4. The molecule has 0 radical (unpaired) electrons. The second-order valence-electron chi connectivity index (χ2n) is 6.51. The van der Waals surface area contributed by atoms with Gasteiger partial charge < -0.3 is 5.32 Å². The smallest absolute Gasteiger partial charge is 0.234 e. The van der Waals surface area contributed by atoms with E-state index in [0.717, 1.165) is 39.9 Å². The summed E-state index contributed by atoms with van der Waals surface area (Å²) < 4.78 is 2.02. The van der Waals surface area contributed by atoms with Crippen molar-refractivity contribution in [3.05, 3.63) is 65.0 Å². The first kappa shape index (κ1) is 19.2. The molecular formula is C21H24N4OS. The summed E-state index contributed by atoms with van der Waals surface area (Å²) >= 11 is 1.40. The predicted octanol–water partition coefficient (Wildman–Crippen LogP) is 4.49. The zero-order valence-corrected chi connectivity index (χ0v) is 16.9. The molecule has 2 aromatic carbocycles. The van der Waals surface area contributed by atoms with Crippen LogP contribution in [0, 0.1) is 20.8 Å². The number of nitrogens with one attached hydrogen (secondary N) is 1. The normalized spacial score (nSPS) is 10.8. The quantitative estimate of drug-likeness (QED) is 0.640. The molecule has 1 aromatic heterocycles. The Morgan fingerprint density at radius 3 is 2.52 bits per heavy atom. The van der Waals surface area contributed by atoms with E-state index in [2.05, 4.69) is 53.6 Å². The molecule has 27 heavy (non-hydrogen) atoms. The average molecular weight is 381 g/mol. The van der Waals surface area contributed by atoms with Crippen LogP contribution in [0.15, 0.2) is 47.6 Å². The lowest BCUT2D eigenvalue weighted by Crippen LogP contribution is -2.15. The summed E-state index contributed by atoms with van der Waals surface area (Å²) in [6.07, 6.45) is 0.774. The molecule has 0 unspecified atom stereocenters. The Labute approximate surface area is 164 Å². The van der Waals surface area contributed by atoms with E-state index in [4.69, 9.17) is 0 Å². The molecular weight excluding hydrogens is 356 g/mol. The third-order valence-corrected chi connectivity index (χ3v) is 5.45. The third-order valence-electron chi connectivity index (χ3n) is 4.52. The number of anilines is 1. The summed E-state index contributed by atoms with van der Waals surface area (Å²) in [6, 6.07) is 14.2. The molecule has 5 nitrogen and oxygen atoms in total. The van der Waals surface area contributed by atoms with Crippen LogP contribution in [0.5, 0.6) is 0 Å². The Balaban J connectivity index is 1.74. The highest BCUT2D eigenvalue weighted by molar-refractivity contribution is 7.99. The van der Waals surface area contributed by atoms with Crippen LogP contribution in [-0.4, -0.2) is 26.4 Å². The molecule has 1 heterocycles. The van der Waals surface area contributed by atoms with Crippen LogP contribution in [0.25, 0.3) is 5.69 Å². The number of amides is 1. The first-order valence-electron chi connectivity index (χ1n) is 8.99. The standard InChI is InChI=1S/C21H24N4OS/c1-5-19-23-24-21(25(19)17-11-9-14(2)10-12-17)27-13-20(26)22-18-8-6-7-15(3)16(18)4/h6-12H,5,13H2,1-4H3,(H,22,26). The van der Waals surface area contributed by atoms with Gasteiger partial charge in [0, 0.05) is 17.8 Å². The Morgan fingerprint density at radius 1 is 1.07 bits per heavy atom. The number of rotatable bonds is 6. The van der Waals surface area contributed by atoms with Gasteiger partial charge in [0.05, 0.1) is 5.75 Å². The largest absolute Gasteiger partial charge is 0.325 e. The topological polar surface area (TPSA) is 59.8 Å². The van der Waals surface area contributed by atoms with E-state index in [-0.39, 0.29) is 11.7 Å². The van der Waals surface area contributed by atoms with Crippen molar-refractivity contribution in [3.63, 3.8) is 0 Å².